The zero-order valence-corrected chi connectivity index (χ0v) is 84.7. The molecule has 0 aromatic carbocycles. The summed E-state index contributed by atoms with van der Waals surface area (Å²) in [6.45, 7) is -5.09. The van der Waals surface area contributed by atoms with Crippen LogP contribution in [0.25, 0.3) is 0 Å². The van der Waals surface area contributed by atoms with Gasteiger partial charge in [0, 0.05) is 0 Å². The van der Waals surface area contributed by atoms with Gasteiger partial charge in [-0.25, -0.2) is 6.99 Å². The van der Waals surface area contributed by atoms with Gasteiger partial charge in [-0.15, -0.1) is 241 Å². The third-order valence-electron chi connectivity index (χ3n) is 4.75. The van der Waals surface area contributed by atoms with Crippen molar-refractivity contribution in [3.63, 3.8) is 0 Å². The molecular weight excluding hydrogens is 1700 g/mol. The molecule has 0 aromatic heterocycles. The smallest absolute Gasteiger partial charge is 0.000108 e. The van der Waals surface area contributed by atoms with Crippen molar-refractivity contribution in [3.05, 3.63) is 0 Å². The van der Waals surface area contributed by atoms with Crippen LogP contribution in [0.2, 0.25) is 0 Å². The van der Waals surface area contributed by atoms with Gasteiger partial charge in [0.15, 0.2) is 0 Å². The summed E-state index contributed by atoms with van der Waals surface area (Å²) in [5.74, 6) is 0. The quantitative estimate of drug-likeness (QED) is 0.0757. The van der Waals surface area contributed by atoms with Crippen molar-refractivity contribution >= 4 is 440 Å². The van der Waals surface area contributed by atoms with Gasteiger partial charge < -0.3 is 7.96 Å². The molecule has 0 amide bonds. The fourth-order valence-electron chi connectivity index (χ4n) is 3.22. The van der Waals surface area contributed by atoms with Gasteiger partial charge in [-0.2, -0.15) is 0 Å². The van der Waals surface area contributed by atoms with Gasteiger partial charge >= 0.3 is 0 Å². The van der Waals surface area contributed by atoms with Crippen molar-refractivity contribution in [2.75, 3.05) is 0 Å². The maximum Gasteiger partial charge on any atom is -0.000108 e. The van der Waals surface area contributed by atoms with E-state index in [4.69, 9.17) is 0 Å². The summed E-state index contributed by atoms with van der Waals surface area (Å²) in [7, 11) is 100.0. The number of hydrogen-bond acceptors (Lipinski definition) is 0. The molecule has 31 unspecified atom stereocenters. The molecule has 332 valence electrons. The number of rotatable bonds is 26. The molecule has 0 heterocycles. The Morgan fingerprint density at radius 3 is 0.382 bits per heavy atom. The van der Waals surface area contributed by atoms with E-state index in [0.717, 1.165) is 0 Å². The van der Waals surface area contributed by atoms with Crippen LogP contribution >= 0.6 is 440 Å². The van der Waals surface area contributed by atoms with E-state index in [1.54, 1.807) is 7.96 Å². The summed E-state index contributed by atoms with van der Waals surface area (Å²) < 4.78 is 0. The highest BCUT2D eigenvalue weighted by Crippen LogP contribution is 3.47. The average Bonchev–Trinajstić information content (AvgIpc) is 2.97. The first-order valence-electron chi connectivity index (χ1n) is 12.4. The SMILES string of the molecule is P[P-]P(P)P(P(P)P)P(P(P(P(P)P)P(P)P)P(P(P)P)P(P)P)P(P(P(P(P)P)P(P)P)P(P(P)P)P(P)P)P(P(P(P)P)P(P)P)P(P(P)P)P(P)P. The second-order valence-corrected chi connectivity index (χ2v) is 232. The summed E-state index contributed by atoms with van der Waals surface area (Å²) in [6.07, 6.45) is 0. The summed E-state index contributed by atoms with van der Waals surface area (Å²) in [5, 5.41) is 0. The fraction of sp³-hybridized carbons (Fsp3) is 0. The second kappa shape index (κ2) is 43.3. The Morgan fingerprint density at radius 1 is 0.164 bits per heavy atom. The van der Waals surface area contributed by atoms with Gasteiger partial charge in [0.2, 0.25) is 0 Å². The van der Waals surface area contributed by atoms with E-state index in [2.05, 4.69) is 250 Å². The molecule has 0 fully saturated rings. The molecule has 0 rings (SSSR count). The van der Waals surface area contributed by atoms with Crippen LogP contribution in [0.4, 0.5) is 0 Å². The third-order valence-corrected chi connectivity index (χ3v) is 384. The monoisotopic (exact) mass is 1760 g/mol. The normalized spacial score (nSPS) is 16.2. The van der Waals surface area contributed by atoms with Crippen molar-refractivity contribution in [2.24, 2.45) is 0 Å². The molecule has 0 N–H and O–H groups in total. The molecule has 31 atom stereocenters. The summed E-state index contributed by atoms with van der Waals surface area (Å²) in [4.78, 5) is 0. The lowest BCUT2D eigenvalue weighted by Gasteiger charge is -2.60. The van der Waals surface area contributed by atoms with Crippen LogP contribution in [0.3, 0.4) is 0 Å². The van der Waals surface area contributed by atoms with E-state index < -0.39 is 0 Å². The van der Waals surface area contributed by atoms with Crippen LogP contribution in [0.5, 0.6) is 0 Å². The molecular formula is H56P55-. The molecule has 55 heavy (non-hydrogen) atoms. The zero-order chi connectivity index (χ0) is 43.7. The van der Waals surface area contributed by atoms with Crippen LogP contribution < -0.4 is 0 Å². The van der Waals surface area contributed by atoms with E-state index in [1.807, 2.05) is 0 Å². The lowest BCUT2D eigenvalue weighted by molar-refractivity contribution is 4.34. The Balaban J connectivity index is 10.1. The topological polar surface area (TPSA) is 0 Å². The summed E-state index contributed by atoms with van der Waals surface area (Å²) >= 11 is 0. The molecule has 0 spiro atoms. The average molecular weight is 1760 g/mol. The van der Waals surface area contributed by atoms with E-state index >= 15 is 0 Å². The largest absolute Gasteiger partial charge is 0.472 e. The van der Waals surface area contributed by atoms with Crippen LogP contribution in [-0.2, 0) is 0 Å². The standard InChI is InChI=1S/H56P55/c1-29-43(28)50(42(26)27)54(51(44(30(2)3)31(4)5)45(32(6)7)33(8)9)55(52(46(34(10)11)35(12)13)47(36(14)15)37(16)17)53(48(38(18)19)39(20)21)49(40(22)23)41(24)25/h1-28H2/q-1. The fourth-order valence-corrected chi connectivity index (χ4v) is 783. The number of hydrogen-bond donors (Lipinski definition) is 0. The Kier molecular flexibility index (Phi) is 61.9. The van der Waals surface area contributed by atoms with E-state index in [9.17, 15) is 0 Å². The lowest BCUT2D eigenvalue weighted by atomic mass is 28.4. The molecule has 55 heteroatoms. The lowest BCUT2D eigenvalue weighted by Crippen LogP contribution is -1.72. The van der Waals surface area contributed by atoms with Gasteiger partial charge in [0.25, 0.3) is 0 Å². The second-order valence-electron chi connectivity index (χ2n) is 8.60. The van der Waals surface area contributed by atoms with Crippen molar-refractivity contribution in [3.8, 4) is 0 Å². The molecule has 0 saturated heterocycles. The first kappa shape index (κ1) is 78.6. The highest BCUT2D eigenvalue weighted by molar-refractivity contribution is 9.53. The molecule has 0 aliphatic carbocycles. The van der Waals surface area contributed by atoms with Crippen LogP contribution in [-0.4, -0.2) is 0 Å². The van der Waals surface area contributed by atoms with Crippen molar-refractivity contribution in [1.29, 1.82) is 0 Å². The van der Waals surface area contributed by atoms with Gasteiger partial charge in [-0.05, 0) is 175 Å². The van der Waals surface area contributed by atoms with Crippen LogP contribution in [0.1, 0.15) is 0 Å². The Labute approximate surface area is 433 Å². The van der Waals surface area contributed by atoms with Crippen molar-refractivity contribution in [1.82, 2.24) is 0 Å². The minimum atomic E-state index is -0.239. The van der Waals surface area contributed by atoms with Gasteiger partial charge in [-0.3, -0.25) is 8.93 Å². The predicted octanol–water partition coefficient (Wildman–Crippen LogP) is 32.4. The van der Waals surface area contributed by atoms with Gasteiger partial charge in [-0.1, -0.05) is 0 Å². The van der Waals surface area contributed by atoms with Crippen LogP contribution in [0, 0.1) is 0 Å². The first-order valence-corrected chi connectivity index (χ1v) is 112. The van der Waals surface area contributed by atoms with E-state index in [0.29, 0.717) is 0 Å². The van der Waals surface area contributed by atoms with Crippen molar-refractivity contribution in [2.45, 2.75) is 0 Å². The Hall–Kier alpha value is 23.6. The minimum Gasteiger partial charge on any atom is -0.472 e. The Bertz CT molecular complexity index is 818. The molecule has 0 saturated carbocycles. The van der Waals surface area contributed by atoms with E-state index in [1.165, 1.54) is 0 Å². The Morgan fingerprint density at radius 2 is 0.273 bits per heavy atom. The molecule has 0 aliphatic heterocycles. The van der Waals surface area contributed by atoms with Crippen molar-refractivity contribution < 1.29 is 0 Å². The predicted molar refractivity (Wildman–Crippen MR) is 459 cm³/mol. The highest BCUT2D eigenvalue weighted by Gasteiger charge is 2.59. The minimum absolute atomic E-state index is 0.147. The molecule has 0 nitrogen and oxygen atoms in total. The zero-order valence-electron chi connectivity index (χ0n) is 28.2. The van der Waals surface area contributed by atoms with E-state index in [-0.39, 0.29) is 182 Å². The highest BCUT2D eigenvalue weighted by atomic mass is 33.6. The third kappa shape index (κ3) is 28.1. The van der Waals surface area contributed by atoms with Crippen LogP contribution in [0.15, 0.2) is 0 Å². The molecule has 0 bridgehead atoms. The van der Waals surface area contributed by atoms with Gasteiger partial charge in [0.05, 0.1) is 0 Å². The molecule has 0 aromatic rings. The molecule has 0 aliphatic rings. The first-order chi connectivity index (χ1) is 25.0. The summed E-state index contributed by atoms with van der Waals surface area (Å²) in [6, 6.07) is 0. The molecule has 0 radical (unpaired) electrons. The summed E-state index contributed by atoms with van der Waals surface area (Å²) in [5.41, 5.74) is 0. The van der Waals surface area contributed by atoms with Gasteiger partial charge in [0.1, 0.15) is 0 Å². The maximum atomic E-state index is 3.63. The maximum absolute atomic E-state index is 3.63.